The minimum atomic E-state index is 0.600. The molecular formula is C15H21N3S. The van der Waals surface area contributed by atoms with Crippen molar-refractivity contribution >= 4 is 27.4 Å². The molecule has 1 aliphatic carbocycles. The summed E-state index contributed by atoms with van der Waals surface area (Å²) in [7, 11) is 0. The molecule has 1 fully saturated rings. The van der Waals surface area contributed by atoms with E-state index in [1.165, 1.54) is 31.4 Å². The number of hydrogen-bond acceptors (Lipinski definition) is 4. The van der Waals surface area contributed by atoms with Crippen LogP contribution in [0, 0.1) is 19.8 Å². The second kappa shape index (κ2) is 5.08. The topological polar surface area (TPSA) is 37.8 Å². The molecule has 102 valence electrons. The third-order valence-electron chi connectivity index (χ3n) is 3.98. The van der Waals surface area contributed by atoms with E-state index < -0.39 is 0 Å². The molecule has 0 unspecified atom stereocenters. The fourth-order valence-corrected chi connectivity index (χ4v) is 3.73. The first-order valence-electron chi connectivity index (χ1n) is 7.13. The summed E-state index contributed by atoms with van der Waals surface area (Å²) in [5.74, 6) is 0.888. The van der Waals surface area contributed by atoms with Crippen molar-refractivity contribution < 1.29 is 0 Å². The van der Waals surface area contributed by atoms with E-state index >= 15 is 0 Å². The Kier molecular flexibility index (Phi) is 3.44. The van der Waals surface area contributed by atoms with Crippen molar-refractivity contribution in [1.29, 1.82) is 0 Å². The molecule has 0 saturated heterocycles. The summed E-state index contributed by atoms with van der Waals surface area (Å²) in [5, 5.41) is 4.79. The second-order valence-electron chi connectivity index (χ2n) is 5.80. The number of fused-ring (bicyclic) bond motifs is 1. The van der Waals surface area contributed by atoms with Gasteiger partial charge in [0.1, 0.15) is 10.3 Å². The molecule has 0 bridgehead atoms. The maximum absolute atomic E-state index is 4.63. The fraction of sp³-hybridized carbons (Fsp3) is 0.600. The number of pyridine rings is 1. The maximum Gasteiger partial charge on any atom is 0.145 e. The summed E-state index contributed by atoms with van der Waals surface area (Å²) in [4.78, 5) is 10.3. The van der Waals surface area contributed by atoms with Gasteiger partial charge in [-0.25, -0.2) is 9.97 Å². The smallest absolute Gasteiger partial charge is 0.145 e. The van der Waals surface area contributed by atoms with Crippen LogP contribution in [0.25, 0.3) is 10.3 Å². The van der Waals surface area contributed by atoms with Gasteiger partial charge in [0.2, 0.25) is 0 Å². The molecule has 2 aromatic heterocycles. The van der Waals surface area contributed by atoms with Crippen molar-refractivity contribution in [3.8, 4) is 0 Å². The predicted octanol–water partition coefficient (Wildman–Crippen LogP) is 4.30. The highest BCUT2D eigenvalue weighted by atomic mass is 32.1. The van der Waals surface area contributed by atoms with Gasteiger partial charge in [-0.15, -0.1) is 0 Å². The first-order valence-corrected chi connectivity index (χ1v) is 7.95. The summed E-state index contributed by atoms with van der Waals surface area (Å²) in [5.41, 5.74) is 3.29. The van der Waals surface area contributed by atoms with Gasteiger partial charge in [-0.2, -0.15) is 0 Å². The SMILES string of the molecule is Cc1cc(NC2CCC(C)CC2)c2nc(C)sc2n1. The van der Waals surface area contributed by atoms with Crippen LogP contribution in [0.4, 0.5) is 5.69 Å². The average Bonchev–Trinajstić information content (AvgIpc) is 2.72. The van der Waals surface area contributed by atoms with Gasteiger partial charge >= 0.3 is 0 Å². The van der Waals surface area contributed by atoms with Gasteiger partial charge in [0, 0.05) is 11.7 Å². The Morgan fingerprint density at radius 2 is 1.89 bits per heavy atom. The lowest BCUT2D eigenvalue weighted by atomic mass is 9.87. The molecule has 3 nitrogen and oxygen atoms in total. The Bertz CT molecular complexity index is 582. The van der Waals surface area contributed by atoms with E-state index in [0.29, 0.717) is 6.04 Å². The highest BCUT2D eigenvalue weighted by Gasteiger charge is 2.19. The molecule has 0 aliphatic heterocycles. The van der Waals surface area contributed by atoms with Gasteiger partial charge < -0.3 is 5.32 Å². The number of hydrogen-bond donors (Lipinski definition) is 1. The van der Waals surface area contributed by atoms with E-state index in [1.807, 2.05) is 6.92 Å². The minimum absolute atomic E-state index is 0.600. The Hall–Kier alpha value is -1.16. The van der Waals surface area contributed by atoms with E-state index in [2.05, 4.69) is 35.2 Å². The van der Waals surface area contributed by atoms with Crippen molar-refractivity contribution in [3.05, 3.63) is 16.8 Å². The van der Waals surface area contributed by atoms with Gasteiger partial charge in [0.15, 0.2) is 0 Å². The number of anilines is 1. The van der Waals surface area contributed by atoms with Gasteiger partial charge in [0.05, 0.1) is 10.7 Å². The normalized spacial score (nSPS) is 23.7. The molecule has 1 N–H and O–H groups in total. The molecule has 0 aromatic carbocycles. The highest BCUT2D eigenvalue weighted by Crippen LogP contribution is 2.31. The Balaban J connectivity index is 1.87. The van der Waals surface area contributed by atoms with E-state index in [0.717, 1.165) is 27.0 Å². The molecule has 19 heavy (non-hydrogen) atoms. The molecule has 4 heteroatoms. The summed E-state index contributed by atoms with van der Waals surface area (Å²) in [6, 6.07) is 2.74. The molecule has 0 spiro atoms. The molecule has 1 saturated carbocycles. The van der Waals surface area contributed by atoms with Crippen molar-refractivity contribution in [2.24, 2.45) is 5.92 Å². The van der Waals surface area contributed by atoms with E-state index in [4.69, 9.17) is 0 Å². The van der Waals surface area contributed by atoms with Gasteiger partial charge in [-0.3, -0.25) is 0 Å². The Morgan fingerprint density at radius 3 is 2.63 bits per heavy atom. The van der Waals surface area contributed by atoms with Crippen LogP contribution < -0.4 is 5.32 Å². The van der Waals surface area contributed by atoms with Crippen LogP contribution in [0.5, 0.6) is 0 Å². The maximum atomic E-state index is 4.63. The second-order valence-corrected chi connectivity index (χ2v) is 6.98. The molecule has 0 amide bonds. The van der Waals surface area contributed by atoms with Crippen LogP contribution in [-0.2, 0) is 0 Å². The van der Waals surface area contributed by atoms with Gasteiger partial charge in [0.25, 0.3) is 0 Å². The van der Waals surface area contributed by atoms with Crippen LogP contribution in [0.3, 0.4) is 0 Å². The largest absolute Gasteiger partial charge is 0.380 e. The molecule has 0 radical (unpaired) electrons. The average molecular weight is 275 g/mol. The summed E-state index contributed by atoms with van der Waals surface area (Å²) < 4.78 is 0. The standard InChI is InChI=1S/C15H21N3S/c1-9-4-6-12(7-5-9)18-13-8-10(2)16-15-14(13)17-11(3)19-15/h8-9,12H,4-7H2,1-3H3,(H,16,18). The zero-order valence-corrected chi connectivity index (χ0v) is 12.7. The lowest BCUT2D eigenvalue weighted by Crippen LogP contribution is -2.25. The monoisotopic (exact) mass is 275 g/mol. The zero-order valence-electron chi connectivity index (χ0n) is 11.9. The van der Waals surface area contributed by atoms with Gasteiger partial charge in [-0.1, -0.05) is 18.3 Å². The van der Waals surface area contributed by atoms with Crippen LogP contribution in [-0.4, -0.2) is 16.0 Å². The lowest BCUT2D eigenvalue weighted by molar-refractivity contribution is 0.361. The number of rotatable bonds is 2. The van der Waals surface area contributed by atoms with Gasteiger partial charge in [-0.05, 0) is 51.5 Å². The summed E-state index contributed by atoms with van der Waals surface area (Å²) in [6.07, 6.45) is 5.21. The first kappa shape index (κ1) is 12.9. The fourth-order valence-electron chi connectivity index (χ4n) is 2.87. The third-order valence-corrected chi connectivity index (χ3v) is 4.84. The Labute approximate surface area is 118 Å². The molecule has 1 aliphatic rings. The molecular weight excluding hydrogens is 254 g/mol. The predicted molar refractivity (Wildman–Crippen MR) is 81.9 cm³/mol. The number of thiazole rings is 1. The summed E-state index contributed by atoms with van der Waals surface area (Å²) >= 11 is 1.68. The van der Waals surface area contributed by atoms with Crippen LogP contribution in [0.15, 0.2) is 6.07 Å². The van der Waals surface area contributed by atoms with Crippen molar-refractivity contribution in [2.45, 2.75) is 52.5 Å². The summed E-state index contributed by atoms with van der Waals surface area (Å²) in [6.45, 7) is 6.46. The van der Waals surface area contributed by atoms with E-state index in [1.54, 1.807) is 11.3 Å². The highest BCUT2D eigenvalue weighted by molar-refractivity contribution is 7.18. The number of aromatic nitrogens is 2. The molecule has 2 aromatic rings. The zero-order chi connectivity index (χ0) is 13.4. The van der Waals surface area contributed by atoms with Crippen molar-refractivity contribution in [1.82, 2.24) is 9.97 Å². The molecule has 3 rings (SSSR count). The quantitative estimate of drug-likeness (QED) is 0.888. The third kappa shape index (κ3) is 2.73. The molecule has 2 heterocycles. The number of aryl methyl sites for hydroxylation is 2. The van der Waals surface area contributed by atoms with Crippen LogP contribution in [0.1, 0.15) is 43.3 Å². The minimum Gasteiger partial charge on any atom is -0.380 e. The lowest BCUT2D eigenvalue weighted by Gasteiger charge is -2.27. The van der Waals surface area contributed by atoms with Crippen molar-refractivity contribution in [3.63, 3.8) is 0 Å². The van der Waals surface area contributed by atoms with Crippen LogP contribution >= 0.6 is 11.3 Å². The molecule has 0 atom stereocenters. The van der Waals surface area contributed by atoms with E-state index in [9.17, 15) is 0 Å². The number of nitrogens with zero attached hydrogens (tertiary/aromatic N) is 2. The first-order chi connectivity index (χ1) is 9.11. The van der Waals surface area contributed by atoms with E-state index in [-0.39, 0.29) is 0 Å². The van der Waals surface area contributed by atoms with Crippen molar-refractivity contribution in [2.75, 3.05) is 5.32 Å². The van der Waals surface area contributed by atoms with Crippen LogP contribution in [0.2, 0.25) is 0 Å². The number of nitrogens with one attached hydrogen (secondary N) is 1. The Morgan fingerprint density at radius 1 is 1.16 bits per heavy atom.